The summed E-state index contributed by atoms with van der Waals surface area (Å²) in [5.74, 6) is 1.16. The molecule has 2 aromatic rings. The normalized spacial score (nSPS) is 18.0. The molecule has 0 radical (unpaired) electrons. The summed E-state index contributed by atoms with van der Waals surface area (Å²) in [7, 11) is 0. The minimum absolute atomic E-state index is 0.146. The molecular formula is C17H17FO3. The van der Waals surface area contributed by atoms with Crippen molar-refractivity contribution in [2.45, 2.75) is 18.9 Å². The molecule has 3 rings (SSSR count). The Morgan fingerprint density at radius 2 is 2.14 bits per heavy atom. The number of halogens is 1. The molecule has 0 saturated heterocycles. The van der Waals surface area contributed by atoms with Gasteiger partial charge in [0.05, 0.1) is 25.2 Å². The van der Waals surface area contributed by atoms with Crippen molar-refractivity contribution in [1.29, 1.82) is 0 Å². The maximum absolute atomic E-state index is 13.3. The van der Waals surface area contributed by atoms with Gasteiger partial charge in [-0.2, -0.15) is 0 Å². The fourth-order valence-electron chi connectivity index (χ4n) is 2.53. The Kier molecular flexibility index (Phi) is 3.80. The predicted molar refractivity (Wildman–Crippen MR) is 77.2 cm³/mol. The fourth-order valence-corrected chi connectivity index (χ4v) is 2.53. The third-order valence-corrected chi connectivity index (χ3v) is 3.66. The maximum Gasteiger partial charge on any atom is 0.125 e. The van der Waals surface area contributed by atoms with Crippen LogP contribution in [-0.4, -0.2) is 18.3 Å². The largest absolute Gasteiger partial charge is 0.493 e. The summed E-state index contributed by atoms with van der Waals surface area (Å²) in [6.07, 6.45) is -0.775. The number of aliphatic hydroxyl groups is 1. The molecule has 0 fully saturated rings. The molecule has 1 aliphatic heterocycles. The van der Waals surface area contributed by atoms with Crippen molar-refractivity contribution in [2.24, 2.45) is 0 Å². The van der Waals surface area contributed by atoms with Crippen molar-refractivity contribution >= 4 is 0 Å². The number of hydrogen-bond donors (Lipinski definition) is 1. The minimum atomic E-state index is -0.775. The number of hydrogen-bond acceptors (Lipinski definition) is 3. The Bertz CT molecular complexity index is 640. The van der Waals surface area contributed by atoms with E-state index in [1.54, 1.807) is 13.0 Å². The highest BCUT2D eigenvalue weighted by atomic mass is 19.1. The van der Waals surface area contributed by atoms with E-state index in [-0.39, 0.29) is 11.7 Å². The van der Waals surface area contributed by atoms with Crippen LogP contribution in [0.5, 0.6) is 11.5 Å². The van der Waals surface area contributed by atoms with E-state index < -0.39 is 6.10 Å². The first-order valence-corrected chi connectivity index (χ1v) is 6.97. The van der Waals surface area contributed by atoms with E-state index in [1.165, 1.54) is 12.1 Å². The number of rotatable bonds is 4. The molecule has 21 heavy (non-hydrogen) atoms. The molecule has 110 valence electrons. The zero-order valence-electron chi connectivity index (χ0n) is 11.8. The van der Waals surface area contributed by atoms with Crippen molar-refractivity contribution < 1.29 is 19.0 Å². The Balaban J connectivity index is 1.75. The van der Waals surface area contributed by atoms with Gasteiger partial charge in [0.25, 0.3) is 0 Å². The first-order chi connectivity index (χ1) is 10.1. The second kappa shape index (κ2) is 5.74. The Morgan fingerprint density at radius 3 is 2.95 bits per heavy atom. The number of aliphatic hydroxyl groups excluding tert-OH is 1. The summed E-state index contributed by atoms with van der Waals surface area (Å²) in [5, 5.41) is 9.71. The van der Waals surface area contributed by atoms with Gasteiger partial charge in [-0.25, -0.2) is 4.39 Å². The van der Waals surface area contributed by atoms with E-state index in [9.17, 15) is 9.50 Å². The molecule has 4 heteroatoms. The van der Waals surface area contributed by atoms with Gasteiger partial charge in [-0.05, 0) is 31.2 Å². The monoisotopic (exact) mass is 288 g/mol. The van der Waals surface area contributed by atoms with Crippen LogP contribution < -0.4 is 9.47 Å². The number of benzene rings is 2. The van der Waals surface area contributed by atoms with Crippen LogP contribution in [0.3, 0.4) is 0 Å². The van der Waals surface area contributed by atoms with Crippen LogP contribution >= 0.6 is 0 Å². The lowest BCUT2D eigenvalue weighted by atomic mass is 10.0. The smallest absolute Gasteiger partial charge is 0.125 e. The van der Waals surface area contributed by atoms with Crippen molar-refractivity contribution in [2.75, 3.05) is 13.2 Å². The molecule has 2 aromatic carbocycles. The van der Waals surface area contributed by atoms with Gasteiger partial charge in [0.2, 0.25) is 0 Å². The minimum Gasteiger partial charge on any atom is -0.493 e. The average Bonchev–Trinajstić information content (AvgIpc) is 2.89. The van der Waals surface area contributed by atoms with Crippen LogP contribution in [0.2, 0.25) is 0 Å². The van der Waals surface area contributed by atoms with E-state index in [2.05, 4.69) is 0 Å². The number of fused-ring (bicyclic) bond motifs is 1. The SMILES string of the molecule is C[C@@H](O)c1cc(F)ccc1OCC1COc2ccccc21. The van der Waals surface area contributed by atoms with Gasteiger partial charge in [-0.15, -0.1) is 0 Å². The molecule has 0 aromatic heterocycles. The van der Waals surface area contributed by atoms with Gasteiger partial charge in [-0.1, -0.05) is 18.2 Å². The summed E-state index contributed by atoms with van der Waals surface area (Å²) in [4.78, 5) is 0. The van der Waals surface area contributed by atoms with Crippen LogP contribution in [0.25, 0.3) is 0 Å². The van der Waals surface area contributed by atoms with E-state index in [0.29, 0.717) is 24.5 Å². The van der Waals surface area contributed by atoms with Gasteiger partial charge in [0.15, 0.2) is 0 Å². The lowest BCUT2D eigenvalue weighted by Crippen LogP contribution is -2.13. The molecule has 0 spiro atoms. The highest BCUT2D eigenvalue weighted by Crippen LogP contribution is 2.34. The lowest BCUT2D eigenvalue weighted by molar-refractivity contribution is 0.187. The van der Waals surface area contributed by atoms with Crippen LogP contribution in [0.1, 0.15) is 30.1 Å². The third-order valence-electron chi connectivity index (χ3n) is 3.66. The Hall–Kier alpha value is -2.07. The molecule has 1 aliphatic rings. The van der Waals surface area contributed by atoms with Gasteiger partial charge in [0, 0.05) is 11.1 Å². The van der Waals surface area contributed by atoms with Gasteiger partial charge < -0.3 is 14.6 Å². The van der Waals surface area contributed by atoms with Gasteiger partial charge >= 0.3 is 0 Å². The van der Waals surface area contributed by atoms with E-state index in [4.69, 9.17) is 9.47 Å². The van der Waals surface area contributed by atoms with Crippen LogP contribution in [0.15, 0.2) is 42.5 Å². The topological polar surface area (TPSA) is 38.7 Å². The van der Waals surface area contributed by atoms with Crippen molar-refractivity contribution in [3.8, 4) is 11.5 Å². The summed E-state index contributed by atoms with van der Waals surface area (Å²) < 4.78 is 24.7. The summed E-state index contributed by atoms with van der Waals surface area (Å²) in [6.45, 7) is 2.60. The summed E-state index contributed by atoms with van der Waals surface area (Å²) in [6, 6.07) is 12.1. The van der Waals surface area contributed by atoms with Crippen molar-refractivity contribution in [3.05, 3.63) is 59.4 Å². The predicted octanol–water partition coefficient (Wildman–Crippen LogP) is 3.43. The second-order valence-corrected chi connectivity index (χ2v) is 5.21. The van der Waals surface area contributed by atoms with Gasteiger partial charge in [-0.3, -0.25) is 0 Å². The zero-order valence-corrected chi connectivity index (χ0v) is 11.8. The average molecular weight is 288 g/mol. The first kappa shape index (κ1) is 13.9. The lowest BCUT2D eigenvalue weighted by Gasteiger charge is -2.16. The Morgan fingerprint density at radius 1 is 1.33 bits per heavy atom. The van der Waals surface area contributed by atoms with Crippen LogP contribution in [0, 0.1) is 5.82 Å². The molecule has 1 unspecified atom stereocenters. The molecule has 3 nitrogen and oxygen atoms in total. The van der Waals surface area contributed by atoms with Gasteiger partial charge in [0.1, 0.15) is 17.3 Å². The highest BCUT2D eigenvalue weighted by Gasteiger charge is 2.24. The summed E-state index contributed by atoms with van der Waals surface area (Å²) in [5.41, 5.74) is 1.58. The molecule has 2 atom stereocenters. The fraction of sp³-hybridized carbons (Fsp3) is 0.294. The van der Waals surface area contributed by atoms with E-state index in [0.717, 1.165) is 11.3 Å². The molecule has 0 aliphatic carbocycles. The first-order valence-electron chi connectivity index (χ1n) is 6.97. The number of para-hydroxylation sites is 1. The molecule has 0 amide bonds. The molecular weight excluding hydrogens is 271 g/mol. The maximum atomic E-state index is 13.3. The summed E-state index contributed by atoms with van der Waals surface area (Å²) >= 11 is 0. The van der Waals surface area contributed by atoms with Crippen LogP contribution in [0.4, 0.5) is 4.39 Å². The van der Waals surface area contributed by atoms with E-state index in [1.807, 2.05) is 24.3 Å². The molecule has 0 bridgehead atoms. The molecule has 1 heterocycles. The quantitative estimate of drug-likeness (QED) is 0.936. The van der Waals surface area contributed by atoms with Crippen LogP contribution in [-0.2, 0) is 0 Å². The van der Waals surface area contributed by atoms with E-state index >= 15 is 0 Å². The van der Waals surface area contributed by atoms with Crippen molar-refractivity contribution in [1.82, 2.24) is 0 Å². The molecule has 1 N–H and O–H groups in total. The highest BCUT2D eigenvalue weighted by molar-refractivity contribution is 5.40. The number of ether oxygens (including phenoxy) is 2. The molecule has 0 saturated carbocycles. The third kappa shape index (κ3) is 2.85. The Labute approximate surface area is 122 Å². The standard InChI is InChI=1S/C17H17FO3/c1-11(19)15-8-13(18)6-7-17(15)21-10-12-9-20-16-5-3-2-4-14(12)16/h2-8,11-12,19H,9-10H2,1H3/t11-,12?/m1/s1. The van der Waals surface area contributed by atoms with Crippen molar-refractivity contribution in [3.63, 3.8) is 0 Å². The second-order valence-electron chi connectivity index (χ2n) is 5.21. The zero-order chi connectivity index (χ0) is 14.8.